The van der Waals surface area contributed by atoms with Crippen LogP contribution in [0.15, 0.2) is 12.4 Å². The second-order valence-corrected chi connectivity index (χ2v) is 6.33. The van der Waals surface area contributed by atoms with Crippen LogP contribution in [0.5, 0.6) is 5.75 Å². The minimum atomic E-state index is -0.530. The van der Waals surface area contributed by atoms with Gasteiger partial charge in [-0.2, -0.15) is 4.98 Å². The van der Waals surface area contributed by atoms with Crippen molar-refractivity contribution in [2.45, 2.75) is 26.8 Å². The minimum absolute atomic E-state index is 0.0202. The fraction of sp³-hybridized carbons (Fsp3) is 0.333. The number of aryl methyl sites for hydroxylation is 1. The zero-order chi connectivity index (χ0) is 19.7. The number of pyridine rings is 1. The maximum atomic E-state index is 12.2. The zero-order valence-corrected chi connectivity index (χ0v) is 16.3. The molecule has 0 aromatic carbocycles. The van der Waals surface area contributed by atoms with Crippen LogP contribution in [0.2, 0.25) is 5.15 Å². The molecule has 3 heterocycles. The summed E-state index contributed by atoms with van der Waals surface area (Å²) in [5.41, 5.74) is 9.19. The van der Waals surface area contributed by atoms with E-state index in [9.17, 15) is 4.79 Å². The lowest BCUT2D eigenvalue weighted by Gasteiger charge is -2.14. The third kappa shape index (κ3) is 3.28. The number of nitrogens with two attached hydrogens (primary N) is 1. The van der Waals surface area contributed by atoms with Gasteiger partial charge in [-0.3, -0.25) is 4.98 Å². The summed E-state index contributed by atoms with van der Waals surface area (Å²) in [4.78, 5) is 24.9. The first-order chi connectivity index (χ1) is 12.9. The van der Waals surface area contributed by atoms with E-state index in [1.807, 2.05) is 13.8 Å². The smallest absolute Gasteiger partial charge is 0.340 e. The van der Waals surface area contributed by atoms with Crippen molar-refractivity contribution in [3.8, 4) is 5.75 Å². The molecule has 0 aliphatic heterocycles. The molecular formula is C18H20ClN5O3. The molecule has 0 spiro atoms. The number of rotatable bonds is 5. The molecule has 0 fully saturated rings. The summed E-state index contributed by atoms with van der Waals surface area (Å²) >= 11 is 6.22. The molecule has 0 bridgehead atoms. The molecule has 0 saturated heterocycles. The Bertz CT molecular complexity index is 1030. The molecule has 0 amide bonds. The number of aromatic nitrogens is 4. The van der Waals surface area contributed by atoms with Crippen molar-refractivity contribution in [2.75, 3.05) is 20.0 Å². The van der Waals surface area contributed by atoms with Crippen molar-refractivity contribution in [1.82, 2.24) is 19.5 Å². The molecule has 3 aromatic rings. The van der Waals surface area contributed by atoms with Gasteiger partial charge in [0.25, 0.3) is 0 Å². The number of halogens is 1. The Morgan fingerprint density at radius 1 is 1.33 bits per heavy atom. The van der Waals surface area contributed by atoms with Gasteiger partial charge in [0.2, 0.25) is 5.95 Å². The second-order valence-electron chi connectivity index (χ2n) is 5.98. The van der Waals surface area contributed by atoms with E-state index in [1.165, 1.54) is 7.11 Å². The lowest BCUT2D eigenvalue weighted by Crippen LogP contribution is -2.07. The predicted molar refractivity (Wildman–Crippen MR) is 102 cm³/mol. The highest BCUT2D eigenvalue weighted by Gasteiger charge is 2.22. The van der Waals surface area contributed by atoms with Crippen LogP contribution in [0, 0.1) is 6.92 Å². The number of esters is 1. The molecule has 0 saturated carbocycles. The van der Waals surface area contributed by atoms with Crippen LogP contribution in [-0.2, 0) is 17.7 Å². The summed E-state index contributed by atoms with van der Waals surface area (Å²) in [7, 11) is 2.94. The first-order valence-corrected chi connectivity index (χ1v) is 8.70. The molecular weight excluding hydrogens is 370 g/mol. The molecule has 8 nitrogen and oxygen atoms in total. The van der Waals surface area contributed by atoms with E-state index in [-0.39, 0.29) is 16.7 Å². The highest BCUT2D eigenvalue weighted by molar-refractivity contribution is 6.35. The maximum absolute atomic E-state index is 12.2. The van der Waals surface area contributed by atoms with Gasteiger partial charge < -0.3 is 19.8 Å². The summed E-state index contributed by atoms with van der Waals surface area (Å²) in [6.45, 7) is 4.35. The number of fused-ring (bicyclic) bond motifs is 1. The standard InChI is InChI=1S/C18H20ClN5O3/c1-5-10-6-21-12(9(2)14(10)26-3)8-24-7-11(17(25)27-4)13-15(19)22-18(20)23-16(13)24/h6-7H,5,8H2,1-4H3,(H2,20,22,23). The number of carbonyl (C=O) groups is 1. The summed E-state index contributed by atoms with van der Waals surface area (Å²) in [6, 6.07) is 0. The van der Waals surface area contributed by atoms with Crippen molar-refractivity contribution in [1.29, 1.82) is 0 Å². The summed E-state index contributed by atoms with van der Waals surface area (Å²) in [5, 5.41) is 0.493. The Hall–Kier alpha value is -2.87. The number of anilines is 1. The first-order valence-electron chi connectivity index (χ1n) is 8.32. The molecule has 0 aliphatic carbocycles. The van der Waals surface area contributed by atoms with Crippen molar-refractivity contribution < 1.29 is 14.3 Å². The number of nitrogen functional groups attached to an aromatic ring is 1. The quantitative estimate of drug-likeness (QED) is 0.528. The van der Waals surface area contributed by atoms with Gasteiger partial charge in [-0.15, -0.1) is 0 Å². The second kappa shape index (κ2) is 7.40. The number of hydrogen-bond acceptors (Lipinski definition) is 7. The SMILES string of the molecule is CCc1cnc(Cn2cc(C(=O)OC)c3c(Cl)nc(N)nc32)c(C)c1OC. The van der Waals surface area contributed by atoms with E-state index in [0.29, 0.717) is 17.6 Å². The van der Waals surface area contributed by atoms with Gasteiger partial charge in [0, 0.05) is 23.5 Å². The van der Waals surface area contributed by atoms with Crippen LogP contribution < -0.4 is 10.5 Å². The Balaban J connectivity index is 2.17. The average Bonchev–Trinajstić information content (AvgIpc) is 3.01. The van der Waals surface area contributed by atoms with Crippen LogP contribution in [0.25, 0.3) is 11.0 Å². The molecule has 142 valence electrons. The van der Waals surface area contributed by atoms with Crippen molar-refractivity contribution in [2.24, 2.45) is 0 Å². The molecule has 9 heteroatoms. The Morgan fingerprint density at radius 3 is 2.70 bits per heavy atom. The molecule has 3 aromatic heterocycles. The van der Waals surface area contributed by atoms with E-state index in [1.54, 1.807) is 24.1 Å². The van der Waals surface area contributed by atoms with Gasteiger partial charge in [-0.05, 0) is 13.3 Å². The molecule has 2 N–H and O–H groups in total. The predicted octanol–water partition coefficient (Wildman–Crippen LogP) is 2.78. The van der Waals surface area contributed by atoms with E-state index >= 15 is 0 Å². The van der Waals surface area contributed by atoms with E-state index in [2.05, 4.69) is 15.0 Å². The molecule has 0 atom stereocenters. The zero-order valence-electron chi connectivity index (χ0n) is 15.5. The molecule has 3 rings (SSSR count). The van der Waals surface area contributed by atoms with Crippen molar-refractivity contribution >= 4 is 34.6 Å². The fourth-order valence-electron chi connectivity index (χ4n) is 3.08. The average molecular weight is 390 g/mol. The minimum Gasteiger partial charge on any atom is -0.496 e. The molecule has 27 heavy (non-hydrogen) atoms. The number of ether oxygens (including phenoxy) is 2. The Morgan fingerprint density at radius 2 is 2.07 bits per heavy atom. The third-order valence-electron chi connectivity index (χ3n) is 4.44. The molecule has 0 unspecified atom stereocenters. The van der Waals surface area contributed by atoms with Crippen LogP contribution in [0.3, 0.4) is 0 Å². The highest BCUT2D eigenvalue weighted by Crippen LogP contribution is 2.30. The monoisotopic (exact) mass is 389 g/mol. The lowest BCUT2D eigenvalue weighted by molar-refractivity contribution is 0.0602. The number of hydrogen-bond donors (Lipinski definition) is 1. The van der Waals surface area contributed by atoms with Crippen LogP contribution in [0.1, 0.15) is 34.1 Å². The highest BCUT2D eigenvalue weighted by atomic mass is 35.5. The van der Waals surface area contributed by atoms with E-state index < -0.39 is 5.97 Å². The Kier molecular flexibility index (Phi) is 5.18. The topological polar surface area (TPSA) is 105 Å². The van der Waals surface area contributed by atoms with E-state index in [4.69, 9.17) is 26.8 Å². The molecule has 0 radical (unpaired) electrons. The van der Waals surface area contributed by atoms with Crippen LogP contribution in [0.4, 0.5) is 5.95 Å². The van der Waals surface area contributed by atoms with Crippen molar-refractivity contribution in [3.05, 3.63) is 39.9 Å². The normalized spacial score (nSPS) is 11.0. The van der Waals surface area contributed by atoms with Crippen LogP contribution >= 0.6 is 11.6 Å². The number of carbonyl (C=O) groups excluding carboxylic acids is 1. The third-order valence-corrected chi connectivity index (χ3v) is 4.71. The first kappa shape index (κ1) is 18.9. The molecule has 0 aliphatic rings. The van der Waals surface area contributed by atoms with Gasteiger partial charge in [0.15, 0.2) is 0 Å². The van der Waals surface area contributed by atoms with Crippen molar-refractivity contribution in [3.63, 3.8) is 0 Å². The Labute approximate surface area is 161 Å². The number of nitrogens with zero attached hydrogens (tertiary/aromatic N) is 4. The largest absolute Gasteiger partial charge is 0.496 e. The van der Waals surface area contributed by atoms with Gasteiger partial charge in [0.05, 0.1) is 37.4 Å². The van der Waals surface area contributed by atoms with Crippen LogP contribution in [-0.4, -0.2) is 39.7 Å². The summed E-state index contributed by atoms with van der Waals surface area (Å²) < 4.78 is 12.1. The van der Waals surface area contributed by atoms with Gasteiger partial charge in [-0.1, -0.05) is 18.5 Å². The number of methoxy groups -OCH3 is 2. The van der Waals surface area contributed by atoms with Gasteiger partial charge in [0.1, 0.15) is 16.5 Å². The summed E-state index contributed by atoms with van der Waals surface area (Å²) in [6.07, 6.45) is 4.23. The summed E-state index contributed by atoms with van der Waals surface area (Å²) in [5.74, 6) is 0.295. The maximum Gasteiger partial charge on any atom is 0.340 e. The lowest BCUT2D eigenvalue weighted by atomic mass is 10.1. The fourth-order valence-corrected chi connectivity index (χ4v) is 3.36. The van der Waals surface area contributed by atoms with Gasteiger partial charge in [-0.25, -0.2) is 9.78 Å². The van der Waals surface area contributed by atoms with E-state index in [0.717, 1.165) is 29.0 Å². The van der Waals surface area contributed by atoms with Gasteiger partial charge >= 0.3 is 5.97 Å².